The molecule has 1 fully saturated rings. The third-order valence-corrected chi connectivity index (χ3v) is 4.35. The quantitative estimate of drug-likeness (QED) is 0.888. The van der Waals surface area contributed by atoms with Crippen molar-refractivity contribution in [2.45, 2.75) is 26.3 Å². The van der Waals surface area contributed by atoms with E-state index in [0.29, 0.717) is 18.8 Å². The Balaban J connectivity index is 1.73. The number of aromatic amines is 1. The topological polar surface area (TPSA) is 84.1 Å². The van der Waals surface area contributed by atoms with Crippen molar-refractivity contribution in [3.05, 3.63) is 63.3 Å². The van der Waals surface area contributed by atoms with Crippen LogP contribution in [0.5, 0.6) is 0 Å². The number of nitrogens with zero attached hydrogens (tertiary/aromatic N) is 1. The van der Waals surface area contributed by atoms with E-state index in [4.69, 9.17) is 4.74 Å². The van der Waals surface area contributed by atoms with Gasteiger partial charge in [0.2, 0.25) is 0 Å². The summed E-state index contributed by atoms with van der Waals surface area (Å²) in [7, 11) is 0. The minimum absolute atomic E-state index is 0.106. The van der Waals surface area contributed by atoms with Crippen molar-refractivity contribution in [2.24, 2.45) is 5.92 Å². The van der Waals surface area contributed by atoms with Gasteiger partial charge in [-0.3, -0.25) is 14.6 Å². The highest BCUT2D eigenvalue weighted by molar-refractivity contribution is 5.95. The molecule has 1 amide bonds. The normalized spacial score (nSPS) is 20.1. The zero-order chi connectivity index (χ0) is 17.1. The van der Waals surface area contributed by atoms with Crippen LogP contribution in [0, 0.1) is 19.8 Å². The highest BCUT2D eigenvalue weighted by Gasteiger charge is 2.30. The zero-order valence-electron chi connectivity index (χ0n) is 13.8. The van der Waals surface area contributed by atoms with Gasteiger partial charge in [-0.15, -0.1) is 0 Å². The van der Waals surface area contributed by atoms with Gasteiger partial charge in [-0.1, -0.05) is 0 Å². The third kappa shape index (κ3) is 3.54. The first-order chi connectivity index (χ1) is 11.5. The van der Waals surface area contributed by atoms with Gasteiger partial charge in [0.15, 0.2) is 0 Å². The van der Waals surface area contributed by atoms with E-state index in [1.165, 1.54) is 0 Å². The number of carbonyl (C=O) groups is 1. The van der Waals surface area contributed by atoms with Gasteiger partial charge >= 0.3 is 0 Å². The average Bonchev–Trinajstić information content (AvgIpc) is 2.94. The minimum Gasteiger partial charge on any atom is -0.379 e. The number of rotatable bonds is 4. The molecule has 0 bridgehead atoms. The van der Waals surface area contributed by atoms with E-state index in [0.717, 1.165) is 17.7 Å². The summed E-state index contributed by atoms with van der Waals surface area (Å²) in [6.07, 6.45) is 4.32. The molecule has 1 aliphatic heterocycles. The Labute approximate surface area is 140 Å². The molecule has 2 aromatic heterocycles. The van der Waals surface area contributed by atoms with Gasteiger partial charge in [0.25, 0.3) is 11.5 Å². The molecule has 0 unspecified atom stereocenters. The first-order valence-electron chi connectivity index (χ1n) is 8.02. The third-order valence-electron chi connectivity index (χ3n) is 4.35. The van der Waals surface area contributed by atoms with E-state index in [9.17, 15) is 9.59 Å². The summed E-state index contributed by atoms with van der Waals surface area (Å²) in [5.41, 5.74) is 2.40. The molecule has 0 radical (unpaired) electrons. The molecule has 2 N–H and O–H groups in total. The monoisotopic (exact) mass is 327 g/mol. The summed E-state index contributed by atoms with van der Waals surface area (Å²) in [5.74, 6) is -0.162. The second-order valence-corrected chi connectivity index (χ2v) is 6.28. The van der Waals surface area contributed by atoms with E-state index in [-0.39, 0.29) is 29.0 Å². The molecule has 0 aromatic carbocycles. The molecule has 0 saturated carbocycles. The number of ether oxygens (including phenoxy) is 1. The largest absolute Gasteiger partial charge is 0.379 e. The molecule has 3 heterocycles. The van der Waals surface area contributed by atoms with Crippen molar-refractivity contribution in [3.63, 3.8) is 0 Å². The lowest BCUT2D eigenvalue weighted by Gasteiger charge is -2.19. The van der Waals surface area contributed by atoms with Crippen LogP contribution in [0.25, 0.3) is 0 Å². The number of H-pyrrole nitrogens is 1. The molecule has 1 aliphatic rings. The maximum absolute atomic E-state index is 12.6. The molecule has 6 heteroatoms. The Morgan fingerprint density at radius 2 is 2.08 bits per heavy atom. The van der Waals surface area contributed by atoms with Gasteiger partial charge in [-0.25, -0.2) is 0 Å². The summed E-state index contributed by atoms with van der Waals surface area (Å²) in [5, 5.41) is 2.97. The van der Waals surface area contributed by atoms with Crippen LogP contribution in [0.15, 0.2) is 35.4 Å². The smallest absolute Gasteiger partial charge is 0.261 e. The molecule has 0 aliphatic carbocycles. The van der Waals surface area contributed by atoms with Crippen LogP contribution in [-0.4, -0.2) is 35.1 Å². The van der Waals surface area contributed by atoms with E-state index >= 15 is 0 Å². The lowest BCUT2D eigenvalue weighted by Crippen LogP contribution is -2.42. The molecule has 6 nitrogen and oxygen atoms in total. The number of hydrogen-bond donors (Lipinski definition) is 2. The van der Waals surface area contributed by atoms with Crippen LogP contribution in [0.2, 0.25) is 0 Å². The Hall–Kier alpha value is -2.47. The van der Waals surface area contributed by atoms with Gasteiger partial charge in [0.1, 0.15) is 5.56 Å². The van der Waals surface area contributed by atoms with Crippen molar-refractivity contribution in [1.29, 1.82) is 0 Å². The predicted molar refractivity (Wildman–Crippen MR) is 90.0 cm³/mol. The van der Waals surface area contributed by atoms with Gasteiger partial charge < -0.3 is 15.0 Å². The molecule has 2 atom stereocenters. The number of hydrogen-bond acceptors (Lipinski definition) is 4. The molecule has 3 rings (SSSR count). The SMILES string of the molecule is Cc1cc(C)c(C(=O)N[C@@H]2COC[C@H]2Cc2ccncc2)c(=O)[nH]1. The van der Waals surface area contributed by atoms with Crippen LogP contribution in [0.1, 0.15) is 27.2 Å². The maximum Gasteiger partial charge on any atom is 0.261 e. The summed E-state index contributed by atoms with van der Waals surface area (Å²) < 4.78 is 5.54. The molecular weight excluding hydrogens is 306 g/mol. The Bertz CT molecular complexity index is 786. The van der Waals surface area contributed by atoms with Crippen LogP contribution in [0.3, 0.4) is 0 Å². The number of amides is 1. The van der Waals surface area contributed by atoms with Crippen molar-refractivity contribution in [3.8, 4) is 0 Å². The standard InChI is InChI=1S/C18H21N3O3/c1-11-7-12(2)20-17(22)16(11)18(23)21-15-10-24-9-14(15)8-13-3-5-19-6-4-13/h3-7,14-15H,8-10H2,1-2H3,(H,20,22)(H,21,23)/t14-,15-/m1/s1. The number of nitrogens with one attached hydrogen (secondary N) is 2. The lowest BCUT2D eigenvalue weighted by molar-refractivity contribution is 0.0923. The van der Waals surface area contributed by atoms with Crippen molar-refractivity contribution in [2.75, 3.05) is 13.2 Å². The molecule has 2 aromatic rings. The van der Waals surface area contributed by atoms with Crippen molar-refractivity contribution >= 4 is 5.91 Å². The van der Waals surface area contributed by atoms with E-state index in [1.54, 1.807) is 32.3 Å². The first-order valence-corrected chi connectivity index (χ1v) is 8.02. The zero-order valence-corrected chi connectivity index (χ0v) is 13.8. The summed E-state index contributed by atoms with van der Waals surface area (Å²) in [6.45, 7) is 4.63. The predicted octanol–water partition coefficient (Wildman–Crippen LogP) is 1.37. The highest BCUT2D eigenvalue weighted by atomic mass is 16.5. The minimum atomic E-state index is -0.352. The van der Waals surface area contributed by atoms with Gasteiger partial charge in [-0.2, -0.15) is 0 Å². The van der Waals surface area contributed by atoms with Crippen molar-refractivity contribution < 1.29 is 9.53 Å². The second-order valence-electron chi connectivity index (χ2n) is 6.28. The fourth-order valence-electron chi connectivity index (χ4n) is 3.16. The van der Waals surface area contributed by atoms with E-state index in [2.05, 4.69) is 15.3 Å². The summed E-state index contributed by atoms with van der Waals surface area (Å²) in [4.78, 5) is 31.3. The second kappa shape index (κ2) is 6.97. The van der Waals surface area contributed by atoms with Crippen LogP contribution in [0.4, 0.5) is 0 Å². The molecule has 0 spiro atoms. The maximum atomic E-state index is 12.6. The highest BCUT2D eigenvalue weighted by Crippen LogP contribution is 2.19. The van der Waals surface area contributed by atoms with Gasteiger partial charge in [0.05, 0.1) is 19.3 Å². The van der Waals surface area contributed by atoms with E-state index < -0.39 is 0 Å². The molecular formula is C18H21N3O3. The summed E-state index contributed by atoms with van der Waals surface area (Å²) in [6, 6.07) is 5.62. The molecule has 1 saturated heterocycles. The first kappa shape index (κ1) is 16.4. The fraction of sp³-hybridized carbons (Fsp3) is 0.389. The van der Waals surface area contributed by atoms with E-state index in [1.807, 2.05) is 12.1 Å². The van der Waals surface area contributed by atoms with Crippen molar-refractivity contribution in [1.82, 2.24) is 15.3 Å². The lowest BCUT2D eigenvalue weighted by atomic mass is 9.95. The molecule has 24 heavy (non-hydrogen) atoms. The number of carbonyl (C=O) groups excluding carboxylic acids is 1. The number of pyridine rings is 2. The average molecular weight is 327 g/mol. The Kier molecular flexibility index (Phi) is 4.76. The fourth-order valence-corrected chi connectivity index (χ4v) is 3.16. The van der Waals surface area contributed by atoms with Gasteiger partial charge in [-0.05, 0) is 49.6 Å². The van der Waals surface area contributed by atoms with Crippen LogP contribution in [-0.2, 0) is 11.2 Å². The van der Waals surface area contributed by atoms with Crippen LogP contribution < -0.4 is 10.9 Å². The van der Waals surface area contributed by atoms with Gasteiger partial charge in [0, 0.05) is 24.0 Å². The molecule has 126 valence electrons. The number of aromatic nitrogens is 2. The number of aryl methyl sites for hydroxylation is 2. The Morgan fingerprint density at radius 3 is 2.79 bits per heavy atom. The Morgan fingerprint density at radius 1 is 1.33 bits per heavy atom. The van der Waals surface area contributed by atoms with Crippen LogP contribution >= 0.6 is 0 Å². The summed E-state index contributed by atoms with van der Waals surface area (Å²) >= 11 is 0.